The molecule has 88 valence electrons. The van der Waals surface area contributed by atoms with Gasteiger partial charge in [0.25, 0.3) is 0 Å². The number of nitrogens with zero attached hydrogens (tertiary/aromatic N) is 5. The molecule has 18 heavy (non-hydrogen) atoms. The van der Waals surface area contributed by atoms with Gasteiger partial charge >= 0.3 is 0 Å². The lowest BCUT2D eigenvalue weighted by atomic mass is 10.3. The molecule has 0 atom stereocenters. The molecule has 0 aromatic carbocycles. The third-order valence-electron chi connectivity index (χ3n) is 2.52. The predicted molar refractivity (Wildman–Crippen MR) is 66.6 cm³/mol. The second-order valence-electron chi connectivity index (χ2n) is 3.84. The summed E-state index contributed by atoms with van der Waals surface area (Å²) in [4.78, 5) is 8.49. The van der Waals surface area contributed by atoms with Gasteiger partial charge in [-0.15, -0.1) is 5.10 Å². The van der Waals surface area contributed by atoms with Gasteiger partial charge in [-0.2, -0.15) is 0 Å². The van der Waals surface area contributed by atoms with Crippen LogP contribution in [0.15, 0.2) is 55.0 Å². The Morgan fingerprint density at radius 3 is 2.44 bits per heavy atom. The fraction of sp³-hybridized carbons (Fsp3) is 0.0769. The van der Waals surface area contributed by atoms with E-state index in [9.17, 15) is 0 Å². The van der Waals surface area contributed by atoms with Crippen LogP contribution >= 0.6 is 0 Å². The summed E-state index contributed by atoms with van der Waals surface area (Å²) in [5.74, 6) is 0. The Labute approximate surface area is 104 Å². The van der Waals surface area contributed by atoms with Gasteiger partial charge in [0.15, 0.2) is 0 Å². The molecule has 0 unspecified atom stereocenters. The topological polar surface area (TPSA) is 56.5 Å². The van der Waals surface area contributed by atoms with Gasteiger partial charge in [-0.25, -0.2) is 4.68 Å². The fourth-order valence-electron chi connectivity index (χ4n) is 1.66. The van der Waals surface area contributed by atoms with Gasteiger partial charge < -0.3 is 0 Å². The number of pyridine rings is 2. The summed E-state index contributed by atoms with van der Waals surface area (Å²) in [5.41, 5.74) is 2.55. The summed E-state index contributed by atoms with van der Waals surface area (Å²) in [5, 5.41) is 8.18. The molecule has 0 aliphatic carbocycles. The summed E-state index contributed by atoms with van der Waals surface area (Å²) >= 11 is 0. The third-order valence-corrected chi connectivity index (χ3v) is 2.52. The van der Waals surface area contributed by atoms with E-state index >= 15 is 0 Å². The van der Waals surface area contributed by atoms with Crippen LogP contribution in [0.25, 0.3) is 11.4 Å². The van der Waals surface area contributed by atoms with Crippen LogP contribution in [-0.2, 0) is 6.54 Å². The van der Waals surface area contributed by atoms with Gasteiger partial charge in [0.1, 0.15) is 5.69 Å². The van der Waals surface area contributed by atoms with Crippen molar-refractivity contribution in [3.05, 3.63) is 60.7 Å². The molecule has 0 N–H and O–H groups in total. The molecule has 5 nitrogen and oxygen atoms in total. The first-order chi connectivity index (χ1) is 8.92. The molecule has 0 fully saturated rings. The Bertz CT molecular complexity index is 618. The summed E-state index contributed by atoms with van der Waals surface area (Å²) in [7, 11) is 0. The van der Waals surface area contributed by atoms with Crippen LogP contribution in [0, 0.1) is 0 Å². The summed E-state index contributed by atoms with van der Waals surface area (Å²) in [6.45, 7) is 0.612. The molecule has 5 heteroatoms. The van der Waals surface area contributed by atoms with Crippen molar-refractivity contribution < 1.29 is 0 Å². The first-order valence-electron chi connectivity index (χ1n) is 5.63. The molecule has 0 amide bonds. The zero-order chi connectivity index (χ0) is 12.2. The molecule has 0 bridgehead atoms. The standard InChI is InChI=1S/C13H11N5/c1-3-7-14-11(5-1)9-18-10-13(16-17-18)12-6-2-4-8-15-12/h1-8,10H,9H2. The molecule has 0 spiro atoms. The van der Waals surface area contributed by atoms with E-state index in [1.165, 1.54) is 0 Å². The second kappa shape index (κ2) is 4.75. The maximum atomic E-state index is 4.25. The summed E-state index contributed by atoms with van der Waals surface area (Å²) in [6, 6.07) is 11.5. The van der Waals surface area contributed by atoms with E-state index in [1.54, 1.807) is 17.1 Å². The average Bonchev–Trinajstić information content (AvgIpc) is 2.89. The van der Waals surface area contributed by atoms with Crippen LogP contribution in [0.2, 0.25) is 0 Å². The highest BCUT2D eigenvalue weighted by atomic mass is 15.4. The highest BCUT2D eigenvalue weighted by Gasteiger charge is 2.04. The van der Waals surface area contributed by atoms with E-state index in [4.69, 9.17) is 0 Å². The molecule has 3 rings (SSSR count). The Morgan fingerprint density at radius 2 is 1.72 bits per heavy atom. The van der Waals surface area contributed by atoms with Crippen molar-refractivity contribution in [1.29, 1.82) is 0 Å². The van der Waals surface area contributed by atoms with E-state index in [2.05, 4.69) is 20.3 Å². The van der Waals surface area contributed by atoms with Crippen LogP contribution < -0.4 is 0 Å². The molecule has 0 aliphatic rings. The van der Waals surface area contributed by atoms with E-state index in [-0.39, 0.29) is 0 Å². The van der Waals surface area contributed by atoms with Crippen LogP contribution in [0.1, 0.15) is 5.69 Å². The minimum Gasteiger partial charge on any atom is -0.259 e. The predicted octanol–water partition coefficient (Wildman–Crippen LogP) is 1.78. The molecule has 0 saturated carbocycles. The highest BCUT2D eigenvalue weighted by molar-refractivity contribution is 5.51. The maximum absolute atomic E-state index is 4.25. The largest absolute Gasteiger partial charge is 0.259 e. The van der Waals surface area contributed by atoms with Crippen molar-refractivity contribution in [3.63, 3.8) is 0 Å². The van der Waals surface area contributed by atoms with Crippen LogP contribution in [0.3, 0.4) is 0 Å². The van der Waals surface area contributed by atoms with Gasteiger partial charge in [-0.05, 0) is 24.3 Å². The Morgan fingerprint density at radius 1 is 0.889 bits per heavy atom. The lowest BCUT2D eigenvalue weighted by Gasteiger charge is -1.98. The van der Waals surface area contributed by atoms with Crippen LogP contribution in [0.4, 0.5) is 0 Å². The smallest absolute Gasteiger partial charge is 0.131 e. The molecule has 3 aromatic heterocycles. The number of aromatic nitrogens is 5. The molecular weight excluding hydrogens is 226 g/mol. The average molecular weight is 237 g/mol. The lowest BCUT2D eigenvalue weighted by molar-refractivity contribution is 0.639. The number of hydrogen-bond donors (Lipinski definition) is 0. The van der Waals surface area contributed by atoms with Gasteiger partial charge in [-0.1, -0.05) is 17.3 Å². The number of rotatable bonds is 3. The van der Waals surface area contributed by atoms with Gasteiger partial charge in [-0.3, -0.25) is 9.97 Å². The Kier molecular flexibility index (Phi) is 2.79. The minimum absolute atomic E-state index is 0.612. The second-order valence-corrected chi connectivity index (χ2v) is 3.84. The molecule has 0 radical (unpaired) electrons. The SMILES string of the molecule is c1ccc(Cn2cc(-c3ccccn3)nn2)nc1. The van der Waals surface area contributed by atoms with Crippen molar-refractivity contribution in [1.82, 2.24) is 25.0 Å². The van der Waals surface area contributed by atoms with E-state index in [1.807, 2.05) is 42.6 Å². The van der Waals surface area contributed by atoms with Crippen molar-refractivity contribution in [2.45, 2.75) is 6.54 Å². The highest BCUT2D eigenvalue weighted by Crippen LogP contribution is 2.11. The quantitative estimate of drug-likeness (QED) is 0.696. The molecule has 0 aliphatic heterocycles. The number of hydrogen-bond acceptors (Lipinski definition) is 4. The van der Waals surface area contributed by atoms with E-state index in [0.717, 1.165) is 17.1 Å². The zero-order valence-electron chi connectivity index (χ0n) is 9.64. The first-order valence-corrected chi connectivity index (χ1v) is 5.63. The van der Waals surface area contributed by atoms with Crippen molar-refractivity contribution in [2.75, 3.05) is 0 Å². The van der Waals surface area contributed by atoms with Gasteiger partial charge in [0.05, 0.1) is 24.1 Å². The minimum atomic E-state index is 0.612. The summed E-state index contributed by atoms with van der Waals surface area (Å²) in [6.07, 6.45) is 5.38. The van der Waals surface area contributed by atoms with Crippen molar-refractivity contribution in [3.8, 4) is 11.4 Å². The first kappa shape index (κ1) is 10.6. The zero-order valence-corrected chi connectivity index (χ0v) is 9.64. The summed E-state index contributed by atoms with van der Waals surface area (Å²) < 4.78 is 1.76. The fourth-order valence-corrected chi connectivity index (χ4v) is 1.66. The lowest BCUT2D eigenvalue weighted by Crippen LogP contribution is -2.01. The monoisotopic (exact) mass is 237 g/mol. The maximum Gasteiger partial charge on any atom is 0.131 e. The molecule has 3 aromatic rings. The van der Waals surface area contributed by atoms with Gasteiger partial charge in [0, 0.05) is 12.4 Å². The van der Waals surface area contributed by atoms with Crippen molar-refractivity contribution >= 4 is 0 Å². The van der Waals surface area contributed by atoms with Crippen LogP contribution in [-0.4, -0.2) is 25.0 Å². The Balaban J connectivity index is 1.82. The van der Waals surface area contributed by atoms with Crippen molar-refractivity contribution in [2.24, 2.45) is 0 Å². The molecule has 0 saturated heterocycles. The molecule has 3 heterocycles. The Hall–Kier alpha value is -2.56. The normalized spacial score (nSPS) is 10.4. The molecular formula is C13H11N5. The van der Waals surface area contributed by atoms with E-state index in [0.29, 0.717) is 6.54 Å². The van der Waals surface area contributed by atoms with Crippen LogP contribution in [0.5, 0.6) is 0 Å². The van der Waals surface area contributed by atoms with E-state index < -0.39 is 0 Å². The third kappa shape index (κ3) is 2.24. The van der Waals surface area contributed by atoms with Gasteiger partial charge in [0.2, 0.25) is 0 Å².